The number of thioether (sulfide) groups is 1. The summed E-state index contributed by atoms with van der Waals surface area (Å²) in [5.74, 6) is 1.53. The van der Waals surface area contributed by atoms with E-state index in [-0.39, 0.29) is 5.91 Å². The highest BCUT2D eigenvalue weighted by Gasteiger charge is 2.03. The second-order valence-corrected chi connectivity index (χ2v) is 6.07. The lowest BCUT2D eigenvalue weighted by Crippen LogP contribution is -2.18. The fourth-order valence-electron chi connectivity index (χ4n) is 1.88. The van der Waals surface area contributed by atoms with Gasteiger partial charge in [-0.05, 0) is 37.0 Å². The third-order valence-electron chi connectivity index (χ3n) is 2.95. The number of anilines is 1. The Morgan fingerprint density at radius 2 is 1.90 bits per heavy atom. The SMILES string of the molecule is CN(C)CCSCC(=O)Nc1ccc2ccccc2c1. The fraction of sp³-hybridized carbons (Fsp3) is 0.312. The second kappa shape index (κ2) is 7.31. The monoisotopic (exact) mass is 288 g/mol. The van der Waals surface area contributed by atoms with Crippen molar-refractivity contribution in [3.05, 3.63) is 42.5 Å². The van der Waals surface area contributed by atoms with E-state index in [1.807, 2.05) is 44.4 Å². The van der Waals surface area contributed by atoms with E-state index in [2.05, 4.69) is 22.3 Å². The zero-order chi connectivity index (χ0) is 14.4. The van der Waals surface area contributed by atoms with Gasteiger partial charge >= 0.3 is 0 Å². The number of fused-ring (bicyclic) bond motifs is 1. The normalized spacial score (nSPS) is 10.9. The third-order valence-corrected chi connectivity index (χ3v) is 3.89. The molecule has 0 aliphatic heterocycles. The Morgan fingerprint density at radius 3 is 2.65 bits per heavy atom. The Bertz CT molecular complexity index is 583. The molecular formula is C16H20N2OS. The van der Waals surface area contributed by atoms with Gasteiger partial charge in [0.25, 0.3) is 0 Å². The van der Waals surface area contributed by atoms with E-state index < -0.39 is 0 Å². The summed E-state index contributed by atoms with van der Waals surface area (Å²) in [6, 6.07) is 14.1. The second-order valence-electron chi connectivity index (χ2n) is 4.97. The Labute approximate surface area is 124 Å². The minimum absolute atomic E-state index is 0.0593. The predicted octanol–water partition coefficient (Wildman–Crippen LogP) is 3.07. The maximum Gasteiger partial charge on any atom is 0.234 e. The molecule has 2 aromatic carbocycles. The van der Waals surface area contributed by atoms with Crippen molar-refractivity contribution in [2.75, 3.05) is 37.5 Å². The summed E-state index contributed by atoms with van der Waals surface area (Å²) < 4.78 is 0. The van der Waals surface area contributed by atoms with E-state index in [0.717, 1.165) is 23.4 Å². The summed E-state index contributed by atoms with van der Waals surface area (Å²) >= 11 is 1.66. The van der Waals surface area contributed by atoms with Gasteiger partial charge in [0.1, 0.15) is 0 Å². The Hall–Kier alpha value is -1.52. The van der Waals surface area contributed by atoms with Crippen molar-refractivity contribution >= 4 is 34.1 Å². The molecule has 3 nitrogen and oxygen atoms in total. The molecule has 4 heteroatoms. The first kappa shape index (κ1) is 14.9. The van der Waals surface area contributed by atoms with Crippen LogP contribution in [-0.4, -0.2) is 43.0 Å². The molecular weight excluding hydrogens is 268 g/mol. The highest BCUT2D eigenvalue weighted by molar-refractivity contribution is 7.99. The van der Waals surface area contributed by atoms with Gasteiger partial charge in [-0.1, -0.05) is 30.3 Å². The van der Waals surface area contributed by atoms with Crippen molar-refractivity contribution < 1.29 is 4.79 Å². The largest absolute Gasteiger partial charge is 0.325 e. The first-order valence-corrected chi connectivity index (χ1v) is 7.82. The molecule has 20 heavy (non-hydrogen) atoms. The van der Waals surface area contributed by atoms with Crippen molar-refractivity contribution in [2.45, 2.75) is 0 Å². The average molecular weight is 288 g/mol. The molecule has 0 aliphatic rings. The highest BCUT2D eigenvalue weighted by Crippen LogP contribution is 2.19. The highest BCUT2D eigenvalue weighted by atomic mass is 32.2. The smallest absolute Gasteiger partial charge is 0.234 e. The molecule has 2 aromatic rings. The van der Waals surface area contributed by atoms with Crippen LogP contribution in [0, 0.1) is 0 Å². The number of nitrogens with one attached hydrogen (secondary N) is 1. The molecule has 0 unspecified atom stereocenters. The summed E-state index contributed by atoms with van der Waals surface area (Å²) in [5.41, 5.74) is 0.863. The van der Waals surface area contributed by atoms with Crippen LogP contribution < -0.4 is 5.32 Å². The van der Waals surface area contributed by atoms with Crippen LogP contribution in [0.15, 0.2) is 42.5 Å². The zero-order valence-electron chi connectivity index (χ0n) is 11.9. The van der Waals surface area contributed by atoms with Crippen molar-refractivity contribution in [3.8, 4) is 0 Å². The quantitative estimate of drug-likeness (QED) is 0.829. The number of carbonyl (C=O) groups excluding carboxylic acids is 1. The van der Waals surface area contributed by atoms with Crippen molar-refractivity contribution in [1.29, 1.82) is 0 Å². The maximum absolute atomic E-state index is 11.8. The van der Waals surface area contributed by atoms with Crippen molar-refractivity contribution in [2.24, 2.45) is 0 Å². The molecule has 0 saturated heterocycles. The van der Waals surface area contributed by atoms with Crippen LogP contribution in [0.25, 0.3) is 10.8 Å². The molecule has 1 amide bonds. The Balaban J connectivity index is 1.86. The molecule has 0 aliphatic carbocycles. The van der Waals surface area contributed by atoms with Crippen LogP contribution in [0.1, 0.15) is 0 Å². The lowest BCUT2D eigenvalue weighted by molar-refractivity contribution is -0.113. The van der Waals surface area contributed by atoms with Gasteiger partial charge in [-0.2, -0.15) is 11.8 Å². The molecule has 0 spiro atoms. The number of carbonyl (C=O) groups is 1. The van der Waals surface area contributed by atoms with E-state index in [1.165, 1.54) is 5.39 Å². The molecule has 0 fully saturated rings. The summed E-state index contributed by atoms with van der Waals surface area (Å²) in [5, 5.41) is 5.28. The van der Waals surface area contributed by atoms with Gasteiger partial charge in [0, 0.05) is 18.0 Å². The number of hydrogen-bond acceptors (Lipinski definition) is 3. The fourth-order valence-corrected chi connectivity index (χ4v) is 2.77. The molecule has 0 atom stereocenters. The van der Waals surface area contributed by atoms with Crippen LogP contribution in [-0.2, 0) is 4.79 Å². The first-order valence-electron chi connectivity index (χ1n) is 6.66. The van der Waals surface area contributed by atoms with Crippen LogP contribution in [0.3, 0.4) is 0 Å². The maximum atomic E-state index is 11.8. The van der Waals surface area contributed by atoms with Crippen molar-refractivity contribution in [3.63, 3.8) is 0 Å². The molecule has 0 radical (unpaired) electrons. The topological polar surface area (TPSA) is 32.3 Å². The van der Waals surface area contributed by atoms with E-state index >= 15 is 0 Å². The van der Waals surface area contributed by atoms with Gasteiger partial charge < -0.3 is 10.2 Å². The average Bonchev–Trinajstić information content (AvgIpc) is 2.43. The molecule has 106 valence electrons. The third kappa shape index (κ3) is 4.54. The number of amides is 1. The standard InChI is InChI=1S/C16H20N2OS/c1-18(2)9-10-20-12-16(19)17-15-8-7-13-5-3-4-6-14(13)11-15/h3-8,11H,9-10,12H2,1-2H3,(H,17,19). The molecule has 0 aromatic heterocycles. The van der Waals surface area contributed by atoms with Gasteiger partial charge in [-0.25, -0.2) is 0 Å². The van der Waals surface area contributed by atoms with Crippen LogP contribution in [0.2, 0.25) is 0 Å². The van der Waals surface area contributed by atoms with Gasteiger partial charge in [0.05, 0.1) is 5.75 Å². The van der Waals surface area contributed by atoms with Gasteiger partial charge in [0.2, 0.25) is 5.91 Å². The predicted molar refractivity (Wildman–Crippen MR) is 88.5 cm³/mol. The van der Waals surface area contributed by atoms with Crippen LogP contribution in [0.4, 0.5) is 5.69 Å². The van der Waals surface area contributed by atoms with Gasteiger partial charge in [-0.15, -0.1) is 0 Å². The van der Waals surface area contributed by atoms with Crippen LogP contribution >= 0.6 is 11.8 Å². The zero-order valence-corrected chi connectivity index (χ0v) is 12.7. The van der Waals surface area contributed by atoms with E-state index in [1.54, 1.807) is 11.8 Å². The van der Waals surface area contributed by atoms with Gasteiger partial charge in [0.15, 0.2) is 0 Å². The number of benzene rings is 2. The Morgan fingerprint density at radius 1 is 1.15 bits per heavy atom. The summed E-state index contributed by atoms with van der Waals surface area (Å²) in [6.07, 6.45) is 0. The van der Waals surface area contributed by atoms with E-state index in [9.17, 15) is 4.79 Å². The van der Waals surface area contributed by atoms with Gasteiger partial charge in [-0.3, -0.25) is 4.79 Å². The molecule has 0 heterocycles. The van der Waals surface area contributed by atoms with E-state index in [0.29, 0.717) is 5.75 Å². The minimum atomic E-state index is 0.0593. The first-order chi connectivity index (χ1) is 9.65. The lowest BCUT2D eigenvalue weighted by atomic mass is 10.1. The molecule has 2 rings (SSSR count). The number of rotatable bonds is 6. The summed E-state index contributed by atoms with van der Waals surface area (Å²) in [4.78, 5) is 14.0. The molecule has 0 bridgehead atoms. The van der Waals surface area contributed by atoms with Crippen molar-refractivity contribution in [1.82, 2.24) is 4.90 Å². The lowest BCUT2D eigenvalue weighted by Gasteiger charge is -2.09. The summed E-state index contributed by atoms with van der Waals surface area (Å²) in [7, 11) is 4.07. The Kier molecular flexibility index (Phi) is 5.44. The molecule has 0 saturated carbocycles. The van der Waals surface area contributed by atoms with Crippen LogP contribution in [0.5, 0.6) is 0 Å². The minimum Gasteiger partial charge on any atom is -0.325 e. The van der Waals surface area contributed by atoms with E-state index in [4.69, 9.17) is 0 Å². The summed E-state index contributed by atoms with van der Waals surface area (Å²) in [6.45, 7) is 0.994. The number of hydrogen-bond donors (Lipinski definition) is 1. The number of nitrogens with zero attached hydrogens (tertiary/aromatic N) is 1. The molecule has 1 N–H and O–H groups in total.